The lowest BCUT2D eigenvalue weighted by Gasteiger charge is -2.35. The molecule has 0 saturated carbocycles. The summed E-state index contributed by atoms with van der Waals surface area (Å²) in [6.45, 7) is 8.85. The Bertz CT molecular complexity index is 247. The summed E-state index contributed by atoms with van der Waals surface area (Å²) in [6.07, 6.45) is 6.05. The number of rotatable bonds is 3. The van der Waals surface area contributed by atoms with Crippen molar-refractivity contribution in [3.63, 3.8) is 0 Å². The molecule has 0 aromatic carbocycles. The van der Waals surface area contributed by atoms with E-state index in [1.807, 2.05) is 7.05 Å². The predicted molar refractivity (Wildman–Crippen MR) is 59.0 cm³/mol. The van der Waals surface area contributed by atoms with Gasteiger partial charge in [-0.15, -0.1) is 0 Å². The quantitative estimate of drug-likeness (QED) is 0.626. The van der Waals surface area contributed by atoms with E-state index in [1.165, 1.54) is 0 Å². The highest BCUT2D eigenvalue weighted by atomic mass is 19.1. The predicted octanol–water partition coefficient (Wildman–Crippen LogP) is 2.72. The van der Waals surface area contributed by atoms with E-state index in [0.29, 0.717) is 18.4 Å². The van der Waals surface area contributed by atoms with E-state index in [2.05, 4.69) is 18.1 Å². The van der Waals surface area contributed by atoms with E-state index in [4.69, 9.17) is 0 Å². The number of hydrogen-bond acceptors (Lipinski definition) is 1. The van der Waals surface area contributed by atoms with Crippen LogP contribution < -0.4 is 0 Å². The van der Waals surface area contributed by atoms with Gasteiger partial charge in [-0.3, -0.25) is 0 Å². The molecule has 2 heteroatoms. The summed E-state index contributed by atoms with van der Waals surface area (Å²) in [5.41, 5.74) is -0.525. The standard InChI is InChI=1S/C12H18FN/c1-4-6-11(5-2)12(13)7-9-14(3)10-8-12/h4-6H,1-2,7-10H2,3H3/b11-6+. The lowest BCUT2D eigenvalue weighted by molar-refractivity contribution is 0.105. The summed E-state index contributed by atoms with van der Waals surface area (Å²) in [5.74, 6) is 0. The molecule has 1 fully saturated rings. The minimum absolute atomic E-state index is 0.551. The third kappa shape index (κ3) is 2.32. The van der Waals surface area contributed by atoms with Crippen molar-refractivity contribution < 1.29 is 4.39 Å². The number of halogens is 1. The van der Waals surface area contributed by atoms with Gasteiger partial charge < -0.3 is 4.90 Å². The van der Waals surface area contributed by atoms with Gasteiger partial charge in [-0.25, -0.2) is 4.39 Å². The van der Waals surface area contributed by atoms with Gasteiger partial charge >= 0.3 is 0 Å². The molecule has 0 aromatic rings. The second kappa shape index (κ2) is 4.56. The largest absolute Gasteiger partial charge is 0.306 e. The zero-order valence-corrected chi connectivity index (χ0v) is 8.80. The molecule has 0 unspecified atom stereocenters. The van der Waals surface area contributed by atoms with Crippen molar-refractivity contribution in [3.8, 4) is 0 Å². The highest BCUT2D eigenvalue weighted by Crippen LogP contribution is 2.33. The van der Waals surface area contributed by atoms with Crippen LogP contribution in [0.2, 0.25) is 0 Å². The van der Waals surface area contributed by atoms with Crippen LogP contribution in [0.4, 0.5) is 4.39 Å². The average Bonchev–Trinajstić information content (AvgIpc) is 2.19. The molecular formula is C12H18FN. The fourth-order valence-electron chi connectivity index (χ4n) is 1.79. The van der Waals surface area contributed by atoms with Crippen LogP contribution in [-0.4, -0.2) is 30.7 Å². The topological polar surface area (TPSA) is 3.24 Å². The van der Waals surface area contributed by atoms with E-state index in [1.54, 1.807) is 18.2 Å². The molecule has 14 heavy (non-hydrogen) atoms. The summed E-state index contributed by atoms with van der Waals surface area (Å²) < 4.78 is 14.4. The smallest absolute Gasteiger partial charge is 0.138 e. The van der Waals surface area contributed by atoms with Crippen molar-refractivity contribution >= 4 is 0 Å². The van der Waals surface area contributed by atoms with Gasteiger partial charge in [0.15, 0.2) is 0 Å². The third-order valence-electron chi connectivity index (χ3n) is 2.81. The molecule has 1 rings (SSSR count). The number of hydrogen-bond donors (Lipinski definition) is 0. The Morgan fingerprint density at radius 1 is 1.36 bits per heavy atom. The van der Waals surface area contributed by atoms with Gasteiger partial charge in [-0.05, 0) is 25.5 Å². The molecular weight excluding hydrogens is 177 g/mol. The maximum atomic E-state index is 14.4. The van der Waals surface area contributed by atoms with Crippen LogP contribution in [0.25, 0.3) is 0 Å². The van der Waals surface area contributed by atoms with Crippen LogP contribution in [0, 0.1) is 0 Å². The van der Waals surface area contributed by atoms with E-state index in [0.717, 1.165) is 13.1 Å². The number of likely N-dealkylation sites (tertiary alicyclic amines) is 1. The number of allylic oxidation sites excluding steroid dienone is 4. The summed E-state index contributed by atoms with van der Waals surface area (Å²) in [7, 11) is 2.02. The first-order valence-corrected chi connectivity index (χ1v) is 4.95. The van der Waals surface area contributed by atoms with Crippen LogP contribution in [0.3, 0.4) is 0 Å². The zero-order chi connectivity index (χ0) is 10.6. The SMILES string of the molecule is C=C/C=C(\C=C)C1(F)CCN(C)CC1. The maximum absolute atomic E-state index is 14.4. The van der Waals surface area contributed by atoms with Crippen molar-refractivity contribution in [3.05, 3.63) is 37.0 Å². The van der Waals surface area contributed by atoms with Gasteiger partial charge in [-0.2, -0.15) is 0 Å². The molecule has 0 spiro atoms. The Kier molecular flexibility index (Phi) is 3.64. The summed E-state index contributed by atoms with van der Waals surface area (Å²) in [5, 5.41) is 0. The molecule has 1 saturated heterocycles. The Hall–Kier alpha value is -0.890. The zero-order valence-electron chi connectivity index (χ0n) is 8.80. The van der Waals surface area contributed by atoms with Crippen molar-refractivity contribution in [1.29, 1.82) is 0 Å². The molecule has 1 aliphatic heterocycles. The fourth-order valence-corrected chi connectivity index (χ4v) is 1.79. The lowest BCUT2D eigenvalue weighted by Crippen LogP contribution is -2.40. The van der Waals surface area contributed by atoms with Crippen LogP contribution >= 0.6 is 0 Å². The minimum Gasteiger partial charge on any atom is -0.306 e. The molecule has 0 bridgehead atoms. The fraction of sp³-hybridized carbons (Fsp3) is 0.500. The molecule has 0 atom stereocenters. The van der Waals surface area contributed by atoms with Gasteiger partial charge in [0.2, 0.25) is 0 Å². The van der Waals surface area contributed by atoms with Crippen LogP contribution in [0.15, 0.2) is 37.0 Å². The minimum atomic E-state index is -1.19. The Labute approximate surface area is 85.6 Å². The van der Waals surface area contributed by atoms with Gasteiger partial charge in [0, 0.05) is 13.1 Å². The Morgan fingerprint density at radius 2 is 1.93 bits per heavy atom. The molecule has 0 radical (unpaired) electrons. The lowest BCUT2D eigenvalue weighted by atomic mass is 9.85. The number of piperidine rings is 1. The monoisotopic (exact) mass is 195 g/mol. The normalized spacial score (nSPS) is 23.1. The molecule has 1 nitrogen and oxygen atoms in total. The van der Waals surface area contributed by atoms with Crippen molar-refractivity contribution in [2.45, 2.75) is 18.5 Å². The Balaban J connectivity index is 2.78. The van der Waals surface area contributed by atoms with E-state index in [9.17, 15) is 4.39 Å². The van der Waals surface area contributed by atoms with Gasteiger partial charge in [0.25, 0.3) is 0 Å². The molecule has 1 aliphatic rings. The van der Waals surface area contributed by atoms with E-state index >= 15 is 0 Å². The second-order valence-electron chi connectivity index (χ2n) is 3.83. The van der Waals surface area contributed by atoms with Gasteiger partial charge in [0.1, 0.15) is 5.67 Å². The van der Waals surface area contributed by atoms with Gasteiger partial charge in [0.05, 0.1) is 0 Å². The first-order chi connectivity index (χ1) is 6.62. The average molecular weight is 195 g/mol. The van der Waals surface area contributed by atoms with Crippen molar-refractivity contribution in [1.82, 2.24) is 4.90 Å². The van der Waals surface area contributed by atoms with Crippen LogP contribution in [0.5, 0.6) is 0 Å². The molecule has 1 heterocycles. The molecule has 0 amide bonds. The molecule has 0 N–H and O–H groups in total. The third-order valence-corrected chi connectivity index (χ3v) is 2.81. The molecule has 0 aromatic heterocycles. The van der Waals surface area contributed by atoms with Crippen LogP contribution in [-0.2, 0) is 0 Å². The summed E-state index contributed by atoms with van der Waals surface area (Å²) in [4.78, 5) is 2.15. The summed E-state index contributed by atoms with van der Waals surface area (Å²) >= 11 is 0. The number of nitrogens with zero attached hydrogens (tertiary/aromatic N) is 1. The first kappa shape index (κ1) is 11.2. The maximum Gasteiger partial charge on any atom is 0.138 e. The molecule has 78 valence electrons. The van der Waals surface area contributed by atoms with Crippen molar-refractivity contribution in [2.24, 2.45) is 0 Å². The van der Waals surface area contributed by atoms with Crippen LogP contribution in [0.1, 0.15) is 12.8 Å². The van der Waals surface area contributed by atoms with E-state index in [-0.39, 0.29) is 0 Å². The van der Waals surface area contributed by atoms with E-state index < -0.39 is 5.67 Å². The number of alkyl halides is 1. The van der Waals surface area contributed by atoms with Crippen molar-refractivity contribution in [2.75, 3.05) is 20.1 Å². The molecule has 0 aliphatic carbocycles. The highest BCUT2D eigenvalue weighted by Gasteiger charge is 2.35. The first-order valence-electron chi connectivity index (χ1n) is 4.95. The second-order valence-corrected chi connectivity index (χ2v) is 3.83. The summed E-state index contributed by atoms with van der Waals surface area (Å²) in [6, 6.07) is 0. The van der Waals surface area contributed by atoms with Gasteiger partial charge in [-0.1, -0.05) is 31.4 Å². The Morgan fingerprint density at radius 3 is 2.36 bits per heavy atom. The highest BCUT2D eigenvalue weighted by molar-refractivity contribution is 5.31.